The summed E-state index contributed by atoms with van der Waals surface area (Å²) in [5.41, 5.74) is 2.42. The van der Waals surface area contributed by atoms with Crippen LogP contribution in [0.3, 0.4) is 0 Å². The highest BCUT2D eigenvalue weighted by atomic mass is 35.5. The van der Waals surface area contributed by atoms with Crippen LogP contribution >= 0.6 is 11.6 Å². The molecule has 0 radical (unpaired) electrons. The van der Waals surface area contributed by atoms with Gasteiger partial charge in [0.25, 0.3) is 0 Å². The number of halogens is 1. The van der Waals surface area contributed by atoms with E-state index < -0.39 is 5.92 Å². The van der Waals surface area contributed by atoms with Crippen molar-refractivity contribution in [2.45, 2.75) is 18.3 Å². The first-order chi connectivity index (χ1) is 13.6. The van der Waals surface area contributed by atoms with Crippen LogP contribution in [-0.4, -0.2) is 12.9 Å². The topological polar surface area (TPSA) is 50.1 Å². The summed E-state index contributed by atoms with van der Waals surface area (Å²) in [5.74, 6) is 0.000687. The molecule has 0 aliphatic rings. The third-order valence-electron chi connectivity index (χ3n) is 4.82. The normalized spacial score (nSPS) is 12.6. The molecule has 0 spiro atoms. The maximum absolute atomic E-state index is 12.9. The summed E-state index contributed by atoms with van der Waals surface area (Å²) in [6.45, 7) is 0. The van der Waals surface area contributed by atoms with Gasteiger partial charge in [-0.25, -0.2) is 0 Å². The van der Waals surface area contributed by atoms with Crippen LogP contribution < -0.4 is 4.74 Å². The number of nitriles is 1. The molecule has 0 aromatic heterocycles. The van der Waals surface area contributed by atoms with Gasteiger partial charge in [-0.2, -0.15) is 5.26 Å². The van der Waals surface area contributed by atoms with Crippen LogP contribution in [0.5, 0.6) is 5.75 Å². The Morgan fingerprint density at radius 3 is 2.18 bits per heavy atom. The Kier molecular flexibility index (Phi) is 6.47. The van der Waals surface area contributed by atoms with Crippen molar-refractivity contribution in [3.63, 3.8) is 0 Å². The second-order valence-electron chi connectivity index (χ2n) is 6.53. The molecule has 0 N–H and O–H groups in total. The van der Waals surface area contributed by atoms with Gasteiger partial charge in [-0.3, -0.25) is 4.79 Å². The van der Waals surface area contributed by atoms with Crippen LogP contribution in [0.1, 0.15) is 39.7 Å². The number of nitrogens with zero attached hydrogens (tertiary/aromatic N) is 1. The Bertz CT molecular complexity index is 960. The first kappa shape index (κ1) is 19.7. The molecule has 3 nitrogen and oxygen atoms in total. The Morgan fingerprint density at radius 1 is 0.964 bits per heavy atom. The van der Waals surface area contributed by atoms with Crippen molar-refractivity contribution in [1.82, 2.24) is 0 Å². The van der Waals surface area contributed by atoms with Crippen molar-refractivity contribution in [3.05, 3.63) is 101 Å². The van der Waals surface area contributed by atoms with Gasteiger partial charge in [0, 0.05) is 22.9 Å². The minimum atomic E-state index is -0.439. The second-order valence-corrected chi connectivity index (χ2v) is 6.97. The van der Waals surface area contributed by atoms with Gasteiger partial charge in [0.15, 0.2) is 5.78 Å². The second kappa shape index (κ2) is 9.21. The summed E-state index contributed by atoms with van der Waals surface area (Å²) in [4.78, 5) is 12.9. The zero-order chi connectivity index (χ0) is 19.9. The summed E-state index contributed by atoms with van der Waals surface area (Å²) in [6, 6.07) is 26.4. The third-order valence-corrected chi connectivity index (χ3v) is 5.07. The molecular formula is C24H20ClNO2. The molecule has 4 heteroatoms. The summed E-state index contributed by atoms with van der Waals surface area (Å²) in [6.07, 6.45) is 0.223. The number of ether oxygens (including phenoxy) is 1. The molecule has 0 aliphatic heterocycles. The van der Waals surface area contributed by atoms with E-state index in [1.54, 1.807) is 31.4 Å². The van der Waals surface area contributed by atoms with E-state index in [1.165, 1.54) is 0 Å². The minimum absolute atomic E-state index is 0.0198. The first-order valence-corrected chi connectivity index (χ1v) is 9.37. The summed E-state index contributed by atoms with van der Waals surface area (Å²) >= 11 is 5.93. The van der Waals surface area contributed by atoms with Crippen LogP contribution in [0, 0.1) is 11.3 Å². The highest BCUT2D eigenvalue weighted by molar-refractivity contribution is 6.30. The van der Waals surface area contributed by atoms with Crippen molar-refractivity contribution >= 4 is 17.4 Å². The van der Waals surface area contributed by atoms with E-state index in [2.05, 4.69) is 6.07 Å². The van der Waals surface area contributed by atoms with E-state index in [1.807, 2.05) is 54.6 Å². The number of Topliss-reactive ketones (excluding diaryl/α,β-unsaturated/α-hetero) is 1. The average Bonchev–Trinajstić information content (AvgIpc) is 2.75. The van der Waals surface area contributed by atoms with Gasteiger partial charge >= 0.3 is 0 Å². The fourth-order valence-corrected chi connectivity index (χ4v) is 3.42. The number of rotatable bonds is 7. The molecule has 0 aliphatic carbocycles. The van der Waals surface area contributed by atoms with Gasteiger partial charge in [-0.15, -0.1) is 0 Å². The summed E-state index contributed by atoms with van der Waals surface area (Å²) in [7, 11) is 1.61. The number of ketones is 1. The SMILES string of the molecule is COc1ccc(C(CC(=O)c2ccc(Cl)cc2)C(C#N)c2ccccc2)cc1. The Hall–Kier alpha value is -3.09. The number of benzene rings is 3. The number of methoxy groups -OCH3 is 1. The van der Waals surface area contributed by atoms with Gasteiger partial charge in [0.05, 0.1) is 19.1 Å². The van der Waals surface area contributed by atoms with E-state index in [-0.39, 0.29) is 18.1 Å². The lowest BCUT2D eigenvalue weighted by molar-refractivity contribution is 0.0972. The smallest absolute Gasteiger partial charge is 0.163 e. The van der Waals surface area contributed by atoms with Crippen LogP contribution in [0.15, 0.2) is 78.9 Å². The van der Waals surface area contributed by atoms with Crippen LogP contribution in [-0.2, 0) is 0 Å². The fourth-order valence-electron chi connectivity index (χ4n) is 3.29. The third kappa shape index (κ3) is 4.60. The molecule has 3 rings (SSSR count). The molecule has 2 atom stereocenters. The Morgan fingerprint density at radius 2 is 1.61 bits per heavy atom. The van der Waals surface area contributed by atoms with E-state index in [4.69, 9.17) is 16.3 Å². The van der Waals surface area contributed by atoms with Crippen LogP contribution in [0.25, 0.3) is 0 Å². The number of hydrogen-bond donors (Lipinski definition) is 0. The van der Waals surface area contributed by atoms with Gasteiger partial charge in [-0.1, -0.05) is 54.1 Å². The standard InChI is InChI=1S/C24H20ClNO2/c1-28-21-13-9-18(10-14-21)22(23(16-26)17-5-3-2-4-6-17)15-24(27)19-7-11-20(25)12-8-19/h2-14,22-23H,15H2,1H3. The monoisotopic (exact) mass is 389 g/mol. The number of carbonyl (C=O) groups is 1. The lowest BCUT2D eigenvalue weighted by atomic mass is 9.78. The maximum atomic E-state index is 12.9. The van der Waals surface area contributed by atoms with E-state index >= 15 is 0 Å². The van der Waals surface area contributed by atoms with Crippen molar-refractivity contribution in [2.75, 3.05) is 7.11 Å². The van der Waals surface area contributed by atoms with Crippen LogP contribution in [0.4, 0.5) is 0 Å². The van der Waals surface area contributed by atoms with Gasteiger partial charge in [0.2, 0.25) is 0 Å². The predicted molar refractivity (Wildman–Crippen MR) is 111 cm³/mol. The number of carbonyl (C=O) groups excluding carboxylic acids is 1. The molecular weight excluding hydrogens is 370 g/mol. The predicted octanol–water partition coefficient (Wildman–Crippen LogP) is 6.01. The van der Waals surface area contributed by atoms with Crippen molar-refractivity contribution in [1.29, 1.82) is 5.26 Å². The number of hydrogen-bond acceptors (Lipinski definition) is 3. The molecule has 0 heterocycles. The molecule has 2 unspecified atom stereocenters. The molecule has 0 bridgehead atoms. The van der Waals surface area contributed by atoms with Gasteiger partial charge < -0.3 is 4.74 Å². The zero-order valence-electron chi connectivity index (χ0n) is 15.5. The largest absolute Gasteiger partial charge is 0.497 e. The molecule has 3 aromatic carbocycles. The highest BCUT2D eigenvalue weighted by Gasteiger charge is 2.27. The van der Waals surface area contributed by atoms with Gasteiger partial charge in [-0.05, 0) is 47.5 Å². The zero-order valence-corrected chi connectivity index (χ0v) is 16.3. The summed E-state index contributed by atoms with van der Waals surface area (Å²) < 4.78 is 5.24. The molecule has 3 aromatic rings. The first-order valence-electron chi connectivity index (χ1n) is 8.99. The maximum Gasteiger partial charge on any atom is 0.163 e. The minimum Gasteiger partial charge on any atom is -0.497 e. The van der Waals surface area contributed by atoms with Crippen molar-refractivity contribution < 1.29 is 9.53 Å². The average molecular weight is 390 g/mol. The van der Waals surface area contributed by atoms with Gasteiger partial charge in [0.1, 0.15) is 5.75 Å². The molecule has 140 valence electrons. The van der Waals surface area contributed by atoms with E-state index in [0.29, 0.717) is 10.6 Å². The molecule has 0 saturated heterocycles. The van der Waals surface area contributed by atoms with E-state index in [0.717, 1.165) is 16.9 Å². The van der Waals surface area contributed by atoms with E-state index in [9.17, 15) is 10.1 Å². The van der Waals surface area contributed by atoms with Crippen molar-refractivity contribution in [2.24, 2.45) is 0 Å². The Balaban J connectivity index is 1.96. The van der Waals surface area contributed by atoms with Crippen LogP contribution in [0.2, 0.25) is 5.02 Å². The molecule has 0 fully saturated rings. The van der Waals surface area contributed by atoms with Crippen molar-refractivity contribution in [3.8, 4) is 11.8 Å². The lowest BCUT2D eigenvalue weighted by Crippen LogP contribution is -2.15. The highest BCUT2D eigenvalue weighted by Crippen LogP contribution is 2.37. The fraction of sp³-hybridized carbons (Fsp3) is 0.167. The molecule has 0 amide bonds. The molecule has 28 heavy (non-hydrogen) atoms. The quantitative estimate of drug-likeness (QED) is 0.465. The Labute approximate surface area is 170 Å². The lowest BCUT2D eigenvalue weighted by Gasteiger charge is -2.23. The summed E-state index contributed by atoms with van der Waals surface area (Å²) in [5, 5.41) is 10.5. The molecule has 0 saturated carbocycles.